The van der Waals surface area contributed by atoms with Gasteiger partial charge in [-0.1, -0.05) is 6.08 Å². The minimum Gasteiger partial charge on any atom is -1.00 e. The van der Waals surface area contributed by atoms with Gasteiger partial charge in [0.05, 0.1) is 0 Å². The van der Waals surface area contributed by atoms with Gasteiger partial charge in [-0.3, -0.25) is 0 Å². The monoisotopic (exact) mass is 321 g/mol. The molecule has 1 aromatic rings. The smallest absolute Gasteiger partial charge is 1.00 e. The molecule has 0 spiro atoms. The van der Waals surface area contributed by atoms with E-state index in [-0.39, 0.29) is 71.2 Å². The van der Waals surface area contributed by atoms with Crippen molar-refractivity contribution in [3.63, 3.8) is 0 Å². The van der Waals surface area contributed by atoms with Gasteiger partial charge in [-0.2, -0.15) is 35.9 Å². The molecule has 0 aliphatic rings. The van der Waals surface area contributed by atoms with Crippen molar-refractivity contribution >= 4 is 48.9 Å². The fourth-order valence-electron chi connectivity index (χ4n) is 0.724. The summed E-state index contributed by atoms with van der Waals surface area (Å²) in [4.78, 5) is 0. The van der Waals surface area contributed by atoms with E-state index in [0.29, 0.717) is 0 Å². The topological polar surface area (TPSA) is 0 Å². The Balaban J connectivity index is -0.000000101. The summed E-state index contributed by atoms with van der Waals surface area (Å²) in [5.41, 5.74) is 1.30. The molecule has 0 radical (unpaired) electrons. The van der Waals surface area contributed by atoms with Gasteiger partial charge in [-0.15, -0.1) is 6.58 Å². The Bertz CT molecular complexity index is 192. The second kappa shape index (κ2) is 9.24. The molecule has 0 saturated carbocycles. The zero-order chi connectivity index (χ0) is 6.53. The summed E-state index contributed by atoms with van der Waals surface area (Å²) in [7, 11) is 0. The first-order valence-corrected chi connectivity index (χ1v) is 2.99. The average Bonchev–Trinajstić information content (AvgIpc) is 1.91. The van der Waals surface area contributed by atoms with Crippen molar-refractivity contribution < 1.29 is 22.3 Å². The summed E-state index contributed by atoms with van der Waals surface area (Å²) in [6, 6.07) is 10.9. The molecule has 1 aromatic carbocycles. The maximum absolute atomic E-state index is 3.65. The van der Waals surface area contributed by atoms with E-state index in [1.807, 2.05) is 30.3 Å². The molecule has 0 bridgehead atoms. The van der Waals surface area contributed by atoms with Crippen LogP contribution in [0, 0.1) is 6.07 Å². The Morgan fingerprint density at radius 2 is 2.00 bits per heavy atom. The third-order valence-corrected chi connectivity index (χ3v) is 1.17. The van der Waals surface area contributed by atoms with Gasteiger partial charge in [0.25, 0.3) is 0 Å². The van der Waals surface area contributed by atoms with Crippen LogP contribution in [0.25, 0.3) is 0 Å². The van der Waals surface area contributed by atoms with Crippen LogP contribution in [0.15, 0.2) is 36.9 Å². The van der Waals surface area contributed by atoms with Gasteiger partial charge in [0.1, 0.15) is 0 Å². The molecule has 0 N–H and O–H groups in total. The van der Waals surface area contributed by atoms with Crippen LogP contribution >= 0.6 is 0 Å². The van der Waals surface area contributed by atoms with Crippen LogP contribution in [0.3, 0.4) is 0 Å². The van der Waals surface area contributed by atoms with E-state index in [1.165, 1.54) is 5.56 Å². The number of hydrogen-bond acceptors (Lipinski definition) is 0. The van der Waals surface area contributed by atoms with E-state index >= 15 is 0 Å². The van der Waals surface area contributed by atoms with Crippen molar-refractivity contribution in [2.75, 3.05) is 0 Å². The van der Waals surface area contributed by atoms with Crippen molar-refractivity contribution in [3.05, 3.63) is 48.6 Å². The molecule has 1 rings (SSSR count). The van der Waals surface area contributed by atoms with E-state index < -0.39 is 0 Å². The largest absolute Gasteiger partial charge is 2.00 e. The summed E-state index contributed by atoms with van der Waals surface area (Å²) in [6.45, 7) is 3.65. The van der Waals surface area contributed by atoms with Crippen molar-refractivity contribution in [2.45, 2.75) is 6.42 Å². The minimum absolute atomic E-state index is 0. The molecular weight excluding hydrogens is 311 g/mol. The van der Waals surface area contributed by atoms with E-state index in [1.54, 1.807) is 0 Å². The molecule has 52 valence electrons. The van der Waals surface area contributed by atoms with Gasteiger partial charge in [0, 0.05) is 19.5 Å². The fraction of sp³-hybridized carbons (Fsp3) is 0.111. The maximum Gasteiger partial charge on any atom is 2.00 e. The van der Waals surface area contributed by atoms with Gasteiger partial charge in [-0.25, -0.2) is 0 Å². The zero-order valence-electron chi connectivity index (χ0n) is 8.72. The molecule has 0 nitrogen and oxygen atoms in total. The first-order valence-electron chi connectivity index (χ1n) is 2.99. The van der Waals surface area contributed by atoms with Crippen LogP contribution in [0.4, 0.5) is 0 Å². The van der Waals surface area contributed by atoms with Crippen molar-refractivity contribution in [1.82, 2.24) is 0 Å². The number of allylic oxidation sites excluding steroid dienone is 1. The van der Waals surface area contributed by atoms with Gasteiger partial charge < -0.3 is 2.85 Å². The summed E-state index contributed by atoms with van der Waals surface area (Å²) < 4.78 is 0. The van der Waals surface area contributed by atoms with Gasteiger partial charge in [-0.05, 0) is 6.42 Å². The van der Waals surface area contributed by atoms with Crippen LogP contribution in [0.2, 0.25) is 0 Å². The Kier molecular flexibility index (Phi) is 12.3. The molecule has 2 heteroatoms. The van der Waals surface area contributed by atoms with Crippen molar-refractivity contribution in [1.29, 1.82) is 0 Å². The number of hydrogen-bond donors (Lipinski definition) is 0. The molecule has 11 heavy (non-hydrogen) atoms. The summed E-state index contributed by atoms with van der Waals surface area (Å²) in [6.07, 6.45) is 2.85. The molecule has 0 heterocycles. The predicted octanol–water partition coefficient (Wildman–Crippen LogP) is 2.06. The SMILES string of the molecule is C=CCc1cc[c-]cc1.[Ba+2].[H-].[H-].[Zn]. The second-order valence-corrected chi connectivity index (χ2v) is 1.90. The third-order valence-electron chi connectivity index (χ3n) is 1.17. The Morgan fingerprint density at radius 1 is 1.45 bits per heavy atom. The van der Waals surface area contributed by atoms with Crippen LogP contribution in [0.1, 0.15) is 8.42 Å². The van der Waals surface area contributed by atoms with Crippen LogP contribution in [-0.4, -0.2) is 48.9 Å². The normalized spacial score (nSPS) is 7.27. The van der Waals surface area contributed by atoms with E-state index in [2.05, 4.69) is 12.6 Å². The summed E-state index contributed by atoms with van der Waals surface area (Å²) in [5, 5.41) is 0. The maximum atomic E-state index is 3.65. The molecule has 0 aliphatic heterocycles. The van der Waals surface area contributed by atoms with E-state index in [0.717, 1.165) is 6.42 Å². The second-order valence-electron chi connectivity index (χ2n) is 1.90. The molecule has 0 atom stereocenters. The zero-order valence-corrected chi connectivity index (χ0v) is 14.1. The molecule has 0 saturated heterocycles. The van der Waals surface area contributed by atoms with Gasteiger partial charge in [0.2, 0.25) is 0 Å². The predicted molar refractivity (Wildman–Crippen MR) is 47.2 cm³/mol. The summed E-state index contributed by atoms with van der Waals surface area (Å²) in [5.74, 6) is 0. The van der Waals surface area contributed by atoms with Crippen molar-refractivity contribution in [2.24, 2.45) is 0 Å². The van der Waals surface area contributed by atoms with E-state index in [9.17, 15) is 0 Å². The fourth-order valence-corrected chi connectivity index (χ4v) is 0.724. The molecule has 0 aliphatic carbocycles. The van der Waals surface area contributed by atoms with Gasteiger partial charge >= 0.3 is 48.9 Å². The van der Waals surface area contributed by atoms with Crippen LogP contribution in [0.5, 0.6) is 0 Å². The van der Waals surface area contributed by atoms with E-state index in [4.69, 9.17) is 0 Å². The Labute approximate surface area is 124 Å². The third kappa shape index (κ3) is 6.33. The molecule has 0 unspecified atom stereocenters. The molecular formula is C9H11BaZn-. The van der Waals surface area contributed by atoms with Gasteiger partial charge in [0.15, 0.2) is 0 Å². The molecule has 0 aromatic heterocycles. The first-order chi connectivity index (χ1) is 4.43. The quantitative estimate of drug-likeness (QED) is 0.444. The number of rotatable bonds is 2. The molecule has 0 amide bonds. The Morgan fingerprint density at radius 3 is 2.45 bits per heavy atom. The standard InChI is InChI=1S/C9H9.Ba.Zn.2H/c1-2-6-9-7-4-3-5-8-9;;;;/h2,4-5,7-8H,1,6H2;;;;/q-1;+2;;2*-1. The first kappa shape index (κ1) is 14.7. The summed E-state index contributed by atoms with van der Waals surface area (Å²) >= 11 is 0. The van der Waals surface area contributed by atoms with Crippen molar-refractivity contribution in [3.8, 4) is 0 Å². The Hall–Kier alpha value is 1.15. The molecule has 0 fully saturated rings. The average molecular weight is 322 g/mol. The van der Waals surface area contributed by atoms with Crippen LogP contribution < -0.4 is 0 Å². The minimum atomic E-state index is 0. The number of benzene rings is 1. The van der Waals surface area contributed by atoms with Crippen LogP contribution in [-0.2, 0) is 25.9 Å².